The SMILES string of the molecule is CCN1C(=O)C(C)(C)C(=O)N(C)c2cc(CN(CCn3ccc4occc4c3=O)Cc3cc(C)n(C)n3)ccc21.Cl.Cl. The third-order valence-electron chi connectivity index (χ3n) is 7.83. The molecule has 42 heavy (non-hydrogen) atoms. The molecule has 3 aromatic heterocycles. The van der Waals surface area contributed by atoms with Crippen LogP contribution >= 0.6 is 24.8 Å². The van der Waals surface area contributed by atoms with E-state index in [4.69, 9.17) is 4.42 Å². The molecule has 0 atom stereocenters. The highest BCUT2D eigenvalue weighted by molar-refractivity contribution is 6.19. The highest BCUT2D eigenvalue weighted by atomic mass is 35.5. The van der Waals surface area contributed by atoms with Crippen LogP contribution in [0.1, 0.15) is 37.7 Å². The van der Waals surface area contributed by atoms with Crippen molar-refractivity contribution < 1.29 is 14.0 Å². The van der Waals surface area contributed by atoms with Crippen LogP contribution in [0.15, 0.2) is 58.1 Å². The number of anilines is 2. The van der Waals surface area contributed by atoms with Crippen LogP contribution in [0.25, 0.3) is 11.0 Å². The Bertz CT molecular complexity index is 1640. The van der Waals surface area contributed by atoms with E-state index in [0.717, 1.165) is 22.6 Å². The minimum atomic E-state index is -1.16. The molecule has 0 unspecified atom stereocenters. The lowest BCUT2D eigenvalue weighted by atomic mass is 9.90. The van der Waals surface area contributed by atoms with Crippen molar-refractivity contribution in [3.05, 3.63) is 76.2 Å². The largest absolute Gasteiger partial charge is 0.464 e. The molecule has 10 nitrogen and oxygen atoms in total. The van der Waals surface area contributed by atoms with Crippen molar-refractivity contribution in [2.75, 3.05) is 29.9 Å². The number of carbonyl (C=O) groups excluding carboxylic acids is 2. The van der Waals surface area contributed by atoms with Crippen molar-refractivity contribution in [1.82, 2.24) is 19.2 Å². The van der Waals surface area contributed by atoms with Crippen LogP contribution in [0.2, 0.25) is 0 Å². The van der Waals surface area contributed by atoms with Crippen LogP contribution in [-0.4, -0.2) is 51.2 Å². The summed E-state index contributed by atoms with van der Waals surface area (Å²) in [5.74, 6) is -0.438. The summed E-state index contributed by atoms with van der Waals surface area (Å²) < 4.78 is 8.92. The Balaban J connectivity index is 0.00000242. The number of hydrogen-bond donors (Lipinski definition) is 0. The Labute approximate surface area is 257 Å². The van der Waals surface area contributed by atoms with E-state index in [1.807, 2.05) is 49.8 Å². The molecule has 0 saturated heterocycles. The van der Waals surface area contributed by atoms with Gasteiger partial charge in [-0.15, -0.1) is 24.8 Å². The Morgan fingerprint density at radius 1 is 0.952 bits per heavy atom. The maximum absolute atomic E-state index is 13.3. The smallest absolute Gasteiger partial charge is 0.261 e. The molecule has 4 aromatic rings. The molecule has 0 N–H and O–H groups in total. The molecule has 0 radical (unpaired) electrons. The maximum atomic E-state index is 13.3. The zero-order valence-electron chi connectivity index (χ0n) is 24.8. The Morgan fingerprint density at radius 2 is 1.69 bits per heavy atom. The predicted molar refractivity (Wildman–Crippen MR) is 169 cm³/mol. The second-order valence-electron chi connectivity index (χ2n) is 11.0. The van der Waals surface area contributed by atoms with E-state index in [1.54, 1.807) is 47.5 Å². The van der Waals surface area contributed by atoms with Crippen LogP contribution in [0.3, 0.4) is 0 Å². The molecule has 2 amide bonds. The van der Waals surface area contributed by atoms with Crippen LogP contribution < -0.4 is 15.4 Å². The lowest BCUT2D eigenvalue weighted by Crippen LogP contribution is -2.47. The summed E-state index contributed by atoms with van der Waals surface area (Å²) in [6.45, 7) is 10.0. The topological polar surface area (TPSA) is 96.8 Å². The number of aromatic nitrogens is 3. The van der Waals surface area contributed by atoms with Gasteiger partial charge in [0.05, 0.1) is 28.7 Å². The second-order valence-corrected chi connectivity index (χ2v) is 11.0. The summed E-state index contributed by atoms with van der Waals surface area (Å²) in [6.07, 6.45) is 3.29. The Kier molecular flexibility index (Phi) is 9.97. The molecule has 1 aromatic carbocycles. The number of rotatable bonds is 8. The van der Waals surface area contributed by atoms with Crippen LogP contribution in [-0.2, 0) is 36.3 Å². The number of nitrogens with zero attached hydrogens (tertiary/aromatic N) is 6. The van der Waals surface area contributed by atoms with Crippen LogP contribution in [0, 0.1) is 12.3 Å². The molecule has 1 aliphatic heterocycles. The van der Waals surface area contributed by atoms with Gasteiger partial charge >= 0.3 is 0 Å². The molecule has 0 saturated carbocycles. The highest BCUT2D eigenvalue weighted by Gasteiger charge is 2.45. The van der Waals surface area contributed by atoms with Gasteiger partial charge in [-0.2, -0.15) is 5.10 Å². The molecule has 0 spiro atoms. The first-order valence-electron chi connectivity index (χ1n) is 13.5. The van der Waals surface area contributed by atoms with Gasteiger partial charge in [0, 0.05) is 58.7 Å². The van der Waals surface area contributed by atoms with Gasteiger partial charge in [0.2, 0.25) is 11.8 Å². The van der Waals surface area contributed by atoms with E-state index in [9.17, 15) is 14.4 Å². The van der Waals surface area contributed by atoms with Gasteiger partial charge in [-0.3, -0.25) is 24.0 Å². The molecular formula is C30H38Cl2N6O4. The number of benzene rings is 1. The highest BCUT2D eigenvalue weighted by Crippen LogP contribution is 2.39. The van der Waals surface area contributed by atoms with E-state index >= 15 is 0 Å². The van der Waals surface area contributed by atoms with Gasteiger partial charge in [-0.25, -0.2) is 0 Å². The second kappa shape index (κ2) is 12.7. The van der Waals surface area contributed by atoms with Crippen molar-refractivity contribution in [2.24, 2.45) is 12.5 Å². The van der Waals surface area contributed by atoms with Crippen molar-refractivity contribution in [3.8, 4) is 0 Å². The van der Waals surface area contributed by atoms with Gasteiger partial charge in [0.1, 0.15) is 11.0 Å². The molecule has 0 aliphatic carbocycles. The molecular weight excluding hydrogens is 579 g/mol. The van der Waals surface area contributed by atoms with Gasteiger partial charge in [-0.05, 0) is 63.6 Å². The number of aryl methyl sites for hydroxylation is 2. The fourth-order valence-corrected chi connectivity index (χ4v) is 5.39. The van der Waals surface area contributed by atoms with E-state index in [2.05, 4.69) is 16.1 Å². The van der Waals surface area contributed by atoms with Gasteiger partial charge in [0.25, 0.3) is 5.56 Å². The number of pyridine rings is 1. The number of fused-ring (bicyclic) bond motifs is 2. The molecule has 226 valence electrons. The molecule has 12 heteroatoms. The summed E-state index contributed by atoms with van der Waals surface area (Å²) in [6, 6.07) is 11.5. The fourth-order valence-electron chi connectivity index (χ4n) is 5.39. The number of furan rings is 1. The summed E-state index contributed by atoms with van der Waals surface area (Å²) in [5.41, 5.74) is 3.76. The van der Waals surface area contributed by atoms with E-state index < -0.39 is 5.41 Å². The first-order chi connectivity index (χ1) is 19.0. The molecule has 0 fully saturated rings. The predicted octanol–water partition coefficient (Wildman–Crippen LogP) is 4.54. The van der Waals surface area contributed by atoms with Gasteiger partial charge in [0.15, 0.2) is 0 Å². The summed E-state index contributed by atoms with van der Waals surface area (Å²) in [5, 5.41) is 5.21. The van der Waals surface area contributed by atoms with Gasteiger partial charge < -0.3 is 18.8 Å². The average molecular weight is 618 g/mol. The van der Waals surface area contributed by atoms with Crippen molar-refractivity contribution in [3.63, 3.8) is 0 Å². The van der Waals surface area contributed by atoms with Gasteiger partial charge in [-0.1, -0.05) is 6.07 Å². The minimum Gasteiger partial charge on any atom is -0.464 e. The summed E-state index contributed by atoms with van der Waals surface area (Å²) in [7, 11) is 3.65. The number of hydrogen-bond acceptors (Lipinski definition) is 6. The van der Waals surface area contributed by atoms with Crippen molar-refractivity contribution in [1.29, 1.82) is 0 Å². The number of amides is 2. The Hall–Kier alpha value is -3.60. The maximum Gasteiger partial charge on any atom is 0.261 e. The molecule has 0 bridgehead atoms. The van der Waals surface area contributed by atoms with Crippen molar-refractivity contribution >= 4 is 59.0 Å². The van der Waals surface area contributed by atoms with E-state index in [-0.39, 0.29) is 42.2 Å². The van der Waals surface area contributed by atoms with E-state index in [1.165, 1.54) is 6.26 Å². The zero-order valence-corrected chi connectivity index (χ0v) is 26.4. The third kappa shape index (κ3) is 5.97. The Morgan fingerprint density at radius 3 is 2.36 bits per heavy atom. The fraction of sp³-hybridized carbons (Fsp3) is 0.400. The average Bonchev–Trinajstić information content (AvgIpc) is 3.53. The first kappa shape index (κ1) is 32.9. The number of halogens is 2. The van der Waals surface area contributed by atoms with E-state index in [0.29, 0.717) is 49.4 Å². The zero-order chi connectivity index (χ0) is 28.8. The molecule has 1 aliphatic rings. The van der Waals surface area contributed by atoms with Crippen molar-refractivity contribution in [2.45, 2.75) is 47.3 Å². The lowest BCUT2D eigenvalue weighted by Gasteiger charge is -2.27. The normalized spacial score (nSPS) is 14.5. The van der Waals surface area contributed by atoms with Crippen LogP contribution in [0.4, 0.5) is 11.4 Å². The minimum absolute atomic E-state index is 0. The quantitative estimate of drug-likeness (QED) is 0.270. The lowest BCUT2D eigenvalue weighted by molar-refractivity contribution is -0.137. The van der Waals surface area contributed by atoms with Crippen LogP contribution in [0.5, 0.6) is 0 Å². The first-order valence-corrected chi connectivity index (χ1v) is 13.5. The summed E-state index contributed by atoms with van der Waals surface area (Å²) >= 11 is 0. The third-order valence-corrected chi connectivity index (χ3v) is 7.83. The molecule has 4 heterocycles. The molecule has 5 rings (SSSR count). The monoisotopic (exact) mass is 616 g/mol. The number of carbonyl (C=O) groups is 2. The summed E-state index contributed by atoms with van der Waals surface area (Å²) in [4.78, 5) is 45.0. The standard InChI is InChI=1S/C30H36N6O4.2ClH/c1-7-36-24-9-8-21(17-25(24)32(5)28(38)30(3,4)29(36)39)18-34(19-22-16-20(2)33(6)31-22)13-14-35-12-10-26-23(27(35)37)11-15-40-26;;/h8-12,15-17H,7,13-14,18-19H2,1-6H3;2*1H.